The predicted molar refractivity (Wildman–Crippen MR) is 104 cm³/mol. The number of rotatable bonds is 15. The van der Waals surface area contributed by atoms with E-state index in [1.807, 2.05) is 0 Å². The van der Waals surface area contributed by atoms with Crippen molar-refractivity contribution in [3.63, 3.8) is 0 Å². The Morgan fingerprint density at radius 3 is 0.446 bits per heavy atom. The van der Waals surface area contributed by atoms with Crippen LogP contribution in [-0.4, -0.2) is 107 Å². The summed E-state index contributed by atoms with van der Waals surface area (Å²) in [5.41, 5.74) is -8.47. The van der Waals surface area contributed by atoms with E-state index in [2.05, 4.69) is 22.2 Å². The minimum absolute atomic E-state index is 3.71. The first-order chi connectivity index (χ1) is 23.2. The summed E-state index contributed by atoms with van der Waals surface area (Å²) in [7, 11) is 0. The molecule has 0 aliphatic heterocycles. The highest BCUT2D eigenvalue weighted by molar-refractivity contribution is 7.47. The number of hydrogen-bond acceptors (Lipinski definition) is 0. The minimum atomic E-state index is -10.4. The van der Waals surface area contributed by atoms with Gasteiger partial charge in [-0.2, -0.15) is 149 Å². The van der Waals surface area contributed by atoms with Gasteiger partial charge in [0.05, 0.1) is 0 Å². The molecule has 0 N–H and O–H groups in total. The van der Waals surface area contributed by atoms with Crippen molar-refractivity contribution in [2.75, 3.05) is 0 Å². The van der Waals surface area contributed by atoms with Crippen molar-refractivity contribution in [2.24, 2.45) is 0 Å². The quantitative estimate of drug-likeness (QED) is 0.0871. The summed E-state index contributed by atoms with van der Waals surface area (Å²) >= 11 is 7.42. The van der Waals surface area contributed by atoms with E-state index >= 15 is 0 Å². The Bertz CT molecular complexity index is 1340. The summed E-state index contributed by atoms with van der Waals surface area (Å²) in [4.78, 5) is 0. The standard InChI is InChI=1S/C17Cl2F36Si/c18-56(19,17(53,54)55)16(51,52)14(46,47)12(42,43)10(38,39)8(34,35)6(30,31)4(26,27)2(22,23)1(20,21)3(24,25)5(28,29)7(32,33)9(36,37)11(40,41)13(44,45)15(48,49)50. The molecular weight excluding hydrogens is 987 g/mol. The molecule has 0 bridgehead atoms. The van der Waals surface area contributed by atoms with Gasteiger partial charge in [-0.25, -0.2) is 8.78 Å². The molecule has 0 saturated heterocycles. The number of alkyl halides is 36. The third-order valence-corrected chi connectivity index (χ3v) is 11.2. The molecule has 39 heteroatoms. The lowest BCUT2D eigenvalue weighted by molar-refractivity contribution is -0.490. The SMILES string of the molecule is FC(F)(F)C(F)(F)C(F)(F)C(F)(F)C(F)(F)C(F)(F)C(F)(F)C(F)(F)C(F)(F)C(F)(F)C(F)(F)C(F)(F)C(F)(F)C(F)(F)C(F)(F)C(F)(F)[Si](Cl)(Cl)C(F)(F)F. The van der Waals surface area contributed by atoms with E-state index in [0.29, 0.717) is 0 Å². The first kappa shape index (κ1) is 54.3. The molecule has 0 fully saturated rings. The molecule has 0 spiro atoms. The Balaban J connectivity index is 7.85. The molecule has 0 saturated carbocycles. The summed E-state index contributed by atoms with van der Waals surface area (Å²) in [5.74, 6) is -147. The van der Waals surface area contributed by atoms with Crippen LogP contribution in [0.4, 0.5) is 158 Å². The third-order valence-electron chi connectivity index (χ3n) is 6.63. The van der Waals surface area contributed by atoms with Crippen molar-refractivity contribution in [3.05, 3.63) is 0 Å². The summed E-state index contributed by atoms with van der Waals surface area (Å²) in [6, 6.07) is 0. The van der Waals surface area contributed by atoms with Gasteiger partial charge in [0.15, 0.2) is 0 Å². The van der Waals surface area contributed by atoms with Crippen molar-refractivity contribution < 1.29 is 158 Å². The highest BCUT2D eigenvalue weighted by Gasteiger charge is 3.02. The van der Waals surface area contributed by atoms with Gasteiger partial charge in [-0.15, -0.1) is 22.2 Å². The normalized spacial score (nSPS) is 17.5. The van der Waals surface area contributed by atoms with Gasteiger partial charge in [0, 0.05) is 0 Å². The van der Waals surface area contributed by atoms with Crippen LogP contribution in [0.2, 0.25) is 0 Å². The van der Waals surface area contributed by atoms with Gasteiger partial charge >= 0.3 is 107 Å². The van der Waals surface area contributed by atoms with Crippen molar-refractivity contribution in [2.45, 2.75) is 100 Å². The second-order valence-electron chi connectivity index (χ2n) is 10.2. The van der Waals surface area contributed by atoms with E-state index in [1.165, 1.54) is 0 Å². The van der Waals surface area contributed by atoms with Gasteiger partial charge in [0.2, 0.25) is 0 Å². The molecule has 0 radical (unpaired) electrons. The van der Waals surface area contributed by atoms with Crippen LogP contribution in [0.15, 0.2) is 0 Å². The zero-order chi connectivity index (χ0) is 47.0. The molecule has 0 amide bonds. The zero-order valence-corrected chi connectivity index (χ0v) is 25.9. The Kier molecular flexibility index (Phi) is 12.5. The molecule has 0 aromatic rings. The molecule has 338 valence electrons. The van der Waals surface area contributed by atoms with E-state index in [4.69, 9.17) is 0 Å². The summed E-state index contributed by atoms with van der Waals surface area (Å²) in [6.45, 7) is -8.92. The highest BCUT2D eigenvalue weighted by Crippen LogP contribution is 2.70. The molecule has 0 nitrogen and oxygen atoms in total. The third kappa shape index (κ3) is 6.01. The molecular formula is C17Cl2F36Si. The summed E-state index contributed by atoms with van der Waals surface area (Å²) in [5, 5.41) is 0. The average molecular weight is 987 g/mol. The molecule has 0 unspecified atom stereocenters. The fourth-order valence-corrected chi connectivity index (χ4v) is 4.74. The van der Waals surface area contributed by atoms with E-state index in [9.17, 15) is 158 Å². The van der Waals surface area contributed by atoms with Gasteiger partial charge in [0.25, 0.3) is 0 Å². The van der Waals surface area contributed by atoms with Crippen molar-refractivity contribution in [1.29, 1.82) is 0 Å². The second kappa shape index (κ2) is 12.9. The van der Waals surface area contributed by atoms with Crippen LogP contribution in [0.1, 0.15) is 0 Å². The topological polar surface area (TPSA) is 0 Å². The van der Waals surface area contributed by atoms with Crippen molar-refractivity contribution in [3.8, 4) is 0 Å². The lowest BCUT2D eigenvalue weighted by atomic mass is 9.83. The fraction of sp³-hybridized carbons (Fsp3) is 1.00. The Morgan fingerprint density at radius 2 is 0.321 bits per heavy atom. The average Bonchev–Trinajstić information content (AvgIpc) is 2.94. The smallest absolute Gasteiger partial charge is 0.201 e. The molecule has 0 aliphatic carbocycles. The van der Waals surface area contributed by atoms with Gasteiger partial charge in [-0.05, 0) is 0 Å². The Morgan fingerprint density at radius 1 is 0.196 bits per heavy atom. The first-order valence-corrected chi connectivity index (χ1v) is 15.5. The van der Waals surface area contributed by atoms with Crippen LogP contribution in [0, 0.1) is 0 Å². The Hall–Kier alpha value is -1.72. The van der Waals surface area contributed by atoms with E-state index in [1.54, 1.807) is 0 Å². The summed E-state index contributed by atoms with van der Waals surface area (Å²) < 4.78 is 483. The minimum Gasteiger partial charge on any atom is -0.201 e. The molecule has 0 rings (SSSR count). The number of halogens is 38. The van der Waals surface area contributed by atoms with Crippen LogP contribution < -0.4 is 0 Å². The van der Waals surface area contributed by atoms with E-state index in [0.717, 1.165) is 0 Å². The van der Waals surface area contributed by atoms with E-state index in [-0.39, 0.29) is 0 Å². The first-order valence-electron chi connectivity index (χ1n) is 11.4. The maximum absolute atomic E-state index is 13.9. The lowest BCUT2D eigenvalue weighted by Gasteiger charge is -2.47. The van der Waals surface area contributed by atoms with Crippen molar-refractivity contribution in [1.82, 2.24) is 0 Å². The second-order valence-corrected chi connectivity index (χ2v) is 16.5. The largest absolute Gasteiger partial charge is 0.460 e. The van der Waals surface area contributed by atoms with Crippen LogP contribution >= 0.6 is 22.2 Å². The van der Waals surface area contributed by atoms with Gasteiger partial charge in [0.1, 0.15) is 0 Å². The zero-order valence-electron chi connectivity index (χ0n) is 23.4. The maximum Gasteiger partial charge on any atom is 0.460 e. The monoisotopic (exact) mass is 986 g/mol. The van der Waals surface area contributed by atoms with Gasteiger partial charge in [-0.3, -0.25) is 0 Å². The maximum atomic E-state index is 13.9. The van der Waals surface area contributed by atoms with Crippen LogP contribution in [0.25, 0.3) is 0 Å². The molecule has 0 atom stereocenters. The van der Waals surface area contributed by atoms with Crippen LogP contribution in [0.3, 0.4) is 0 Å². The molecule has 0 aromatic carbocycles. The van der Waals surface area contributed by atoms with Gasteiger partial charge in [-0.1, -0.05) is 0 Å². The van der Waals surface area contributed by atoms with Crippen LogP contribution in [0.5, 0.6) is 0 Å². The summed E-state index contributed by atoms with van der Waals surface area (Å²) in [6.07, 6.45) is -8.44. The Labute approximate surface area is 288 Å². The van der Waals surface area contributed by atoms with Gasteiger partial charge < -0.3 is 0 Å². The molecule has 0 aromatic heterocycles. The van der Waals surface area contributed by atoms with Crippen LogP contribution in [-0.2, 0) is 0 Å². The highest BCUT2D eigenvalue weighted by atomic mass is 35.7. The molecule has 0 heterocycles. The lowest BCUT2D eigenvalue weighted by Crippen LogP contribution is -2.80. The fourth-order valence-electron chi connectivity index (χ4n) is 3.12. The van der Waals surface area contributed by atoms with E-state index < -0.39 is 107 Å². The number of hydrogen-bond donors (Lipinski definition) is 0. The van der Waals surface area contributed by atoms with Crippen molar-refractivity contribution >= 4 is 28.9 Å². The predicted octanol–water partition coefficient (Wildman–Crippen LogP) is 12.6. The molecule has 56 heavy (non-hydrogen) atoms. The molecule has 0 aliphatic rings.